The second-order valence-electron chi connectivity index (χ2n) is 4.20. The van der Waals surface area contributed by atoms with E-state index in [1.807, 2.05) is 18.2 Å². The summed E-state index contributed by atoms with van der Waals surface area (Å²) >= 11 is 8.04. The van der Waals surface area contributed by atoms with E-state index < -0.39 is 5.82 Å². The normalized spacial score (nSPS) is 10.9. The van der Waals surface area contributed by atoms with E-state index in [4.69, 9.17) is 0 Å². The van der Waals surface area contributed by atoms with Gasteiger partial charge in [-0.05, 0) is 50.1 Å². The molecule has 0 saturated heterocycles. The van der Waals surface area contributed by atoms with Crippen LogP contribution in [-0.4, -0.2) is 5.78 Å². The zero-order chi connectivity index (χ0) is 14.3. The Labute approximate surface area is 135 Å². The monoisotopic (exact) mass is 412 g/mol. The number of rotatable bonds is 2. The molecule has 2 aromatic carbocycles. The molecule has 1 aromatic heterocycles. The van der Waals surface area contributed by atoms with Crippen LogP contribution in [-0.2, 0) is 0 Å². The van der Waals surface area contributed by atoms with Gasteiger partial charge in [-0.15, -0.1) is 11.3 Å². The third-order valence-corrected chi connectivity index (χ3v) is 5.56. The highest BCUT2D eigenvalue weighted by Crippen LogP contribution is 2.34. The SMILES string of the molecule is O=C(c1cccc(Br)c1F)c1csc2c(Br)cccc12. The standard InChI is InChI=1S/C15H7Br2FOS/c16-11-5-2-4-9(13(11)18)14(19)10-7-20-15-8(10)3-1-6-12(15)17/h1-7H. The summed E-state index contributed by atoms with van der Waals surface area (Å²) in [6, 6.07) is 10.4. The van der Waals surface area contributed by atoms with Crippen LogP contribution < -0.4 is 0 Å². The van der Waals surface area contributed by atoms with Crippen molar-refractivity contribution >= 4 is 59.1 Å². The molecule has 100 valence electrons. The van der Waals surface area contributed by atoms with Crippen LogP contribution in [0, 0.1) is 5.82 Å². The minimum absolute atomic E-state index is 0.0825. The average molecular weight is 414 g/mol. The van der Waals surface area contributed by atoms with E-state index >= 15 is 0 Å². The number of carbonyl (C=O) groups is 1. The fourth-order valence-corrected chi connectivity index (χ4v) is 3.99. The predicted molar refractivity (Wildman–Crippen MR) is 87.1 cm³/mol. The van der Waals surface area contributed by atoms with Crippen LogP contribution in [0.2, 0.25) is 0 Å². The predicted octanol–water partition coefficient (Wildman–Crippen LogP) is 5.80. The second kappa shape index (κ2) is 5.39. The Morgan fingerprint density at radius 2 is 1.70 bits per heavy atom. The van der Waals surface area contributed by atoms with Gasteiger partial charge < -0.3 is 0 Å². The van der Waals surface area contributed by atoms with Crippen LogP contribution in [0.1, 0.15) is 15.9 Å². The highest BCUT2D eigenvalue weighted by Gasteiger charge is 2.19. The van der Waals surface area contributed by atoms with Gasteiger partial charge in [-0.2, -0.15) is 0 Å². The molecule has 0 spiro atoms. The molecule has 0 aliphatic rings. The van der Waals surface area contributed by atoms with Gasteiger partial charge >= 0.3 is 0 Å². The first-order chi connectivity index (χ1) is 9.59. The van der Waals surface area contributed by atoms with Crippen molar-refractivity contribution in [1.82, 2.24) is 0 Å². The van der Waals surface area contributed by atoms with E-state index in [2.05, 4.69) is 31.9 Å². The summed E-state index contributed by atoms with van der Waals surface area (Å²) in [5.41, 5.74) is 0.613. The van der Waals surface area contributed by atoms with Crippen molar-refractivity contribution in [1.29, 1.82) is 0 Å². The van der Waals surface area contributed by atoms with E-state index in [1.54, 1.807) is 17.5 Å². The molecule has 3 aromatic rings. The summed E-state index contributed by atoms with van der Waals surface area (Å²) in [5.74, 6) is -0.819. The highest BCUT2D eigenvalue weighted by atomic mass is 79.9. The quantitative estimate of drug-likeness (QED) is 0.485. The van der Waals surface area contributed by atoms with Gasteiger partial charge in [-0.25, -0.2) is 4.39 Å². The lowest BCUT2D eigenvalue weighted by atomic mass is 10.0. The zero-order valence-corrected chi connectivity index (χ0v) is 14.0. The minimum atomic E-state index is -0.521. The second-order valence-corrected chi connectivity index (χ2v) is 6.78. The average Bonchev–Trinajstić information content (AvgIpc) is 2.86. The van der Waals surface area contributed by atoms with Gasteiger partial charge in [0.2, 0.25) is 0 Å². The summed E-state index contributed by atoms with van der Waals surface area (Å²) in [5, 5.41) is 2.62. The molecular weight excluding hydrogens is 407 g/mol. The summed E-state index contributed by atoms with van der Waals surface area (Å²) in [7, 11) is 0. The molecule has 0 bridgehead atoms. The van der Waals surface area contributed by atoms with Crippen LogP contribution >= 0.6 is 43.2 Å². The van der Waals surface area contributed by atoms with Crippen molar-refractivity contribution in [3.05, 3.63) is 67.7 Å². The van der Waals surface area contributed by atoms with E-state index in [-0.39, 0.29) is 11.3 Å². The number of hydrogen-bond acceptors (Lipinski definition) is 2. The van der Waals surface area contributed by atoms with Crippen molar-refractivity contribution in [2.45, 2.75) is 0 Å². The molecule has 1 heterocycles. The number of benzene rings is 2. The number of thiophene rings is 1. The van der Waals surface area contributed by atoms with Gasteiger partial charge in [0.25, 0.3) is 0 Å². The number of fused-ring (bicyclic) bond motifs is 1. The molecule has 5 heteroatoms. The largest absolute Gasteiger partial charge is 0.288 e. The third-order valence-electron chi connectivity index (χ3n) is 2.99. The lowest BCUT2D eigenvalue weighted by Gasteiger charge is -2.03. The molecule has 0 atom stereocenters. The summed E-state index contributed by atoms with van der Waals surface area (Å²) in [4.78, 5) is 12.5. The van der Waals surface area contributed by atoms with Gasteiger partial charge in [0.15, 0.2) is 5.78 Å². The maximum Gasteiger partial charge on any atom is 0.197 e. The van der Waals surface area contributed by atoms with Crippen LogP contribution in [0.5, 0.6) is 0 Å². The molecular formula is C15H7Br2FOS. The van der Waals surface area contributed by atoms with Crippen LogP contribution in [0.4, 0.5) is 4.39 Å². The molecule has 20 heavy (non-hydrogen) atoms. The van der Waals surface area contributed by atoms with Gasteiger partial charge in [-0.1, -0.05) is 18.2 Å². The van der Waals surface area contributed by atoms with E-state index in [1.165, 1.54) is 17.4 Å². The molecule has 0 unspecified atom stereocenters. The summed E-state index contributed by atoms with van der Waals surface area (Å²) in [6.07, 6.45) is 0. The van der Waals surface area contributed by atoms with Crippen LogP contribution in [0.15, 0.2) is 50.7 Å². The molecule has 0 amide bonds. The maximum atomic E-state index is 14.0. The number of ketones is 1. The number of carbonyl (C=O) groups excluding carboxylic acids is 1. The first kappa shape index (κ1) is 13.9. The smallest absolute Gasteiger partial charge is 0.197 e. The van der Waals surface area contributed by atoms with E-state index in [0.717, 1.165) is 14.6 Å². The maximum absolute atomic E-state index is 14.0. The van der Waals surface area contributed by atoms with Crippen molar-refractivity contribution in [2.75, 3.05) is 0 Å². The van der Waals surface area contributed by atoms with Gasteiger partial charge in [0.05, 0.1) is 10.0 Å². The molecule has 0 saturated carbocycles. The van der Waals surface area contributed by atoms with Crippen molar-refractivity contribution in [3.63, 3.8) is 0 Å². The fraction of sp³-hybridized carbons (Fsp3) is 0. The van der Waals surface area contributed by atoms with Gasteiger partial charge in [-0.3, -0.25) is 4.79 Å². The van der Waals surface area contributed by atoms with Crippen LogP contribution in [0.3, 0.4) is 0 Å². The van der Waals surface area contributed by atoms with Gasteiger partial charge in [0, 0.05) is 25.5 Å². The lowest BCUT2D eigenvalue weighted by Crippen LogP contribution is -2.03. The third kappa shape index (κ3) is 2.24. The Balaban J connectivity index is 2.18. The van der Waals surface area contributed by atoms with Crippen LogP contribution in [0.25, 0.3) is 10.1 Å². The molecule has 1 nitrogen and oxygen atoms in total. The Hall–Kier alpha value is -1.04. The van der Waals surface area contributed by atoms with Crippen molar-refractivity contribution in [3.8, 4) is 0 Å². The molecule has 0 radical (unpaired) electrons. The van der Waals surface area contributed by atoms with E-state index in [9.17, 15) is 9.18 Å². The molecule has 0 fully saturated rings. The lowest BCUT2D eigenvalue weighted by molar-refractivity contribution is 0.103. The Morgan fingerprint density at radius 1 is 1.00 bits per heavy atom. The molecule has 0 aliphatic heterocycles. The topological polar surface area (TPSA) is 17.1 Å². The van der Waals surface area contributed by atoms with Gasteiger partial charge in [0.1, 0.15) is 5.82 Å². The Morgan fingerprint density at radius 3 is 2.50 bits per heavy atom. The Kier molecular flexibility index (Phi) is 3.75. The molecule has 3 rings (SSSR count). The van der Waals surface area contributed by atoms with Crippen molar-refractivity contribution < 1.29 is 9.18 Å². The number of hydrogen-bond donors (Lipinski definition) is 0. The first-order valence-corrected chi connectivity index (χ1v) is 8.20. The summed E-state index contributed by atoms with van der Waals surface area (Å²) < 4.78 is 16.3. The first-order valence-electron chi connectivity index (χ1n) is 5.74. The number of halogens is 3. The zero-order valence-electron chi connectivity index (χ0n) is 9.99. The minimum Gasteiger partial charge on any atom is -0.288 e. The highest BCUT2D eigenvalue weighted by molar-refractivity contribution is 9.11. The van der Waals surface area contributed by atoms with E-state index in [0.29, 0.717) is 10.0 Å². The summed E-state index contributed by atoms with van der Waals surface area (Å²) in [6.45, 7) is 0. The van der Waals surface area contributed by atoms with Crippen molar-refractivity contribution in [2.24, 2.45) is 0 Å². The molecule has 0 N–H and O–H groups in total. The fourth-order valence-electron chi connectivity index (χ4n) is 2.02. The Bertz CT molecular complexity index is 826. The molecule has 0 aliphatic carbocycles.